The molecule has 2 aromatic carbocycles. The Hall–Kier alpha value is -1.57. The molecule has 0 aliphatic rings. The summed E-state index contributed by atoms with van der Waals surface area (Å²) in [6, 6.07) is 11.2. The Morgan fingerprint density at radius 1 is 1.28 bits per heavy atom. The first-order valence-electron chi connectivity index (χ1n) is 4.93. The van der Waals surface area contributed by atoms with Crippen LogP contribution in [0.3, 0.4) is 0 Å². The number of benzene rings is 2. The molecule has 0 amide bonds. The highest BCUT2D eigenvalue weighted by molar-refractivity contribution is 9.10. The number of halogens is 3. The molecule has 5 heteroatoms. The summed E-state index contributed by atoms with van der Waals surface area (Å²) in [5.41, 5.74) is 0.354. The fourth-order valence-electron chi connectivity index (χ4n) is 1.37. The van der Waals surface area contributed by atoms with E-state index in [0.717, 1.165) is 0 Å². The van der Waals surface area contributed by atoms with Crippen LogP contribution in [0, 0.1) is 17.1 Å². The van der Waals surface area contributed by atoms with E-state index in [0.29, 0.717) is 15.8 Å². The Morgan fingerprint density at radius 2 is 2.06 bits per heavy atom. The number of nitrogens with zero attached hydrogens (tertiary/aromatic N) is 1. The molecule has 0 aliphatic heterocycles. The van der Waals surface area contributed by atoms with Gasteiger partial charge in [0.15, 0.2) is 0 Å². The van der Waals surface area contributed by atoms with Gasteiger partial charge in [0.25, 0.3) is 0 Å². The van der Waals surface area contributed by atoms with Gasteiger partial charge in [-0.1, -0.05) is 17.7 Å². The average Bonchev–Trinajstić information content (AvgIpc) is 2.34. The van der Waals surface area contributed by atoms with Crippen molar-refractivity contribution < 1.29 is 9.13 Å². The van der Waals surface area contributed by atoms with E-state index in [1.54, 1.807) is 18.2 Å². The van der Waals surface area contributed by atoms with Crippen molar-refractivity contribution in [2.24, 2.45) is 0 Å². The molecule has 0 saturated heterocycles. The van der Waals surface area contributed by atoms with Crippen LogP contribution in [0.1, 0.15) is 5.56 Å². The molecule has 0 bridgehead atoms. The lowest BCUT2D eigenvalue weighted by Crippen LogP contribution is -1.90. The fourth-order valence-corrected chi connectivity index (χ4v) is 1.92. The summed E-state index contributed by atoms with van der Waals surface area (Å²) >= 11 is 8.83. The van der Waals surface area contributed by atoms with E-state index in [2.05, 4.69) is 15.9 Å². The number of nitriles is 1. The fraction of sp³-hybridized carbons (Fsp3) is 0. The third-order valence-electron chi connectivity index (χ3n) is 2.21. The van der Waals surface area contributed by atoms with Crippen LogP contribution in [0.2, 0.25) is 5.02 Å². The third kappa shape index (κ3) is 2.63. The summed E-state index contributed by atoms with van der Waals surface area (Å²) in [7, 11) is 0. The monoisotopic (exact) mass is 325 g/mol. The summed E-state index contributed by atoms with van der Waals surface area (Å²) < 4.78 is 19.3. The van der Waals surface area contributed by atoms with Crippen molar-refractivity contribution in [3.63, 3.8) is 0 Å². The standard InChI is InChI=1S/C13H6BrClFNO/c14-10-2-1-3-13(9(10)7-17)18-8-4-5-11(15)12(16)6-8/h1-6H. The number of ether oxygens (including phenoxy) is 1. The van der Waals surface area contributed by atoms with E-state index < -0.39 is 5.82 Å². The van der Waals surface area contributed by atoms with Gasteiger partial charge >= 0.3 is 0 Å². The summed E-state index contributed by atoms with van der Waals surface area (Å²) in [6.07, 6.45) is 0. The smallest absolute Gasteiger partial charge is 0.146 e. The van der Waals surface area contributed by atoms with Crippen LogP contribution < -0.4 is 4.74 Å². The van der Waals surface area contributed by atoms with Gasteiger partial charge in [-0.05, 0) is 40.2 Å². The Morgan fingerprint density at radius 3 is 2.72 bits per heavy atom. The van der Waals surface area contributed by atoms with Crippen molar-refractivity contribution in [3.05, 3.63) is 57.3 Å². The molecule has 2 nitrogen and oxygen atoms in total. The van der Waals surface area contributed by atoms with Crippen LogP contribution in [0.15, 0.2) is 40.9 Å². The Balaban J connectivity index is 2.37. The SMILES string of the molecule is N#Cc1c(Br)cccc1Oc1ccc(Cl)c(F)c1. The van der Waals surface area contributed by atoms with Crippen LogP contribution in [0.4, 0.5) is 4.39 Å². The first-order valence-corrected chi connectivity index (χ1v) is 6.10. The molecular weight excluding hydrogens is 321 g/mol. The van der Waals surface area contributed by atoms with Gasteiger partial charge in [0, 0.05) is 10.5 Å². The summed E-state index contributed by atoms with van der Waals surface area (Å²) in [5, 5.41) is 9.05. The second kappa shape index (κ2) is 5.38. The minimum atomic E-state index is -0.567. The average molecular weight is 327 g/mol. The molecule has 90 valence electrons. The molecule has 0 aliphatic carbocycles. The van der Waals surface area contributed by atoms with E-state index in [4.69, 9.17) is 21.6 Å². The molecule has 0 saturated carbocycles. The lowest BCUT2D eigenvalue weighted by Gasteiger charge is -2.08. The molecule has 0 N–H and O–H groups in total. The zero-order valence-electron chi connectivity index (χ0n) is 8.95. The van der Waals surface area contributed by atoms with Crippen LogP contribution in [-0.2, 0) is 0 Å². The Labute approximate surface area is 117 Å². The maximum atomic E-state index is 13.3. The van der Waals surface area contributed by atoms with Crippen LogP contribution >= 0.6 is 27.5 Å². The molecule has 0 radical (unpaired) electrons. The highest BCUT2D eigenvalue weighted by Gasteiger charge is 2.09. The van der Waals surface area contributed by atoms with Crippen LogP contribution in [0.25, 0.3) is 0 Å². The van der Waals surface area contributed by atoms with Crippen molar-refractivity contribution in [3.8, 4) is 17.6 Å². The Bertz CT molecular complexity index is 639. The summed E-state index contributed by atoms with van der Waals surface area (Å²) in [6.45, 7) is 0. The predicted molar refractivity (Wildman–Crippen MR) is 70.3 cm³/mol. The molecule has 0 heterocycles. The normalized spacial score (nSPS) is 9.89. The second-order valence-corrected chi connectivity index (χ2v) is 4.66. The predicted octanol–water partition coefficient (Wildman–Crippen LogP) is 4.91. The molecule has 0 unspecified atom stereocenters. The van der Waals surface area contributed by atoms with Gasteiger partial charge in [-0.2, -0.15) is 5.26 Å². The summed E-state index contributed by atoms with van der Waals surface area (Å²) in [5.74, 6) is 0.0720. The third-order valence-corrected chi connectivity index (χ3v) is 3.17. The van der Waals surface area contributed by atoms with Gasteiger partial charge in [-0.15, -0.1) is 0 Å². The molecular formula is C13H6BrClFNO. The van der Waals surface area contributed by atoms with Gasteiger partial charge in [0.1, 0.15) is 28.9 Å². The molecule has 2 aromatic rings. The Kier molecular flexibility index (Phi) is 3.85. The van der Waals surface area contributed by atoms with Crippen molar-refractivity contribution >= 4 is 27.5 Å². The second-order valence-electron chi connectivity index (χ2n) is 3.40. The maximum absolute atomic E-state index is 13.3. The highest BCUT2D eigenvalue weighted by Crippen LogP contribution is 2.31. The van der Waals surface area contributed by atoms with E-state index in [9.17, 15) is 4.39 Å². The number of rotatable bonds is 2. The van der Waals surface area contributed by atoms with Crippen molar-refractivity contribution in [1.82, 2.24) is 0 Å². The molecule has 2 rings (SSSR count). The lowest BCUT2D eigenvalue weighted by molar-refractivity contribution is 0.475. The number of hydrogen-bond donors (Lipinski definition) is 0. The van der Waals surface area contributed by atoms with Gasteiger partial charge < -0.3 is 4.74 Å². The number of hydrogen-bond acceptors (Lipinski definition) is 2. The zero-order chi connectivity index (χ0) is 13.1. The van der Waals surface area contributed by atoms with Crippen LogP contribution in [-0.4, -0.2) is 0 Å². The molecule has 0 spiro atoms. The lowest BCUT2D eigenvalue weighted by atomic mass is 10.2. The van der Waals surface area contributed by atoms with Gasteiger partial charge in [-0.3, -0.25) is 0 Å². The van der Waals surface area contributed by atoms with Gasteiger partial charge in [0.05, 0.1) is 5.02 Å². The highest BCUT2D eigenvalue weighted by atomic mass is 79.9. The van der Waals surface area contributed by atoms with Crippen molar-refractivity contribution in [2.45, 2.75) is 0 Å². The van der Waals surface area contributed by atoms with E-state index >= 15 is 0 Å². The quantitative estimate of drug-likeness (QED) is 0.786. The first-order chi connectivity index (χ1) is 8.61. The van der Waals surface area contributed by atoms with E-state index in [1.165, 1.54) is 18.2 Å². The van der Waals surface area contributed by atoms with E-state index in [1.807, 2.05) is 6.07 Å². The minimum Gasteiger partial charge on any atom is -0.456 e. The largest absolute Gasteiger partial charge is 0.456 e. The van der Waals surface area contributed by atoms with Crippen LogP contribution in [0.5, 0.6) is 11.5 Å². The topological polar surface area (TPSA) is 33.0 Å². The molecule has 0 atom stereocenters. The molecule has 18 heavy (non-hydrogen) atoms. The van der Waals surface area contributed by atoms with Gasteiger partial charge in [0.2, 0.25) is 0 Å². The summed E-state index contributed by atoms with van der Waals surface area (Å²) in [4.78, 5) is 0. The molecule has 0 fully saturated rings. The van der Waals surface area contributed by atoms with Crippen molar-refractivity contribution in [1.29, 1.82) is 5.26 Å². The van der Waals surface area contributed by atoms with Gasteiger partial charge in [-0.25, -0.2) is 4.39 Å². The van der Waals surface area contributed by atoms with E-state index in [-0.39, 0.29) is 10.8 Å². The van der Waals surface area contributed by atoms with Crippen molar-refractivity contribution in [2.75, 3.05) is 0 Å². The zero-order valence-corrected chi connectivity index (χ0v) is 11.3. The minimum absolute atomic E-state index is 0.0251. The first kappa shape index (κ1) is 12.9. The maximum Gasteiger partial charge on any atom is 0.146 e. The molecule has 0 aromatic heterocycles.